The maximum Gasteiger partial charge on any atom is 0.319 e. The van der Waals surface area contributed by atoms with Crippen molar-refractivity contribution >= 4 is 11.7 Å². The molecule has 4 nitrogen and oxygen atoms in total. The van der Waals surface area contributed by atoms with Gasteiger partial charge in [-0.1, -0.05) is 36.9 Å². The molecule has 0 fully saturated rings. The van der Waals surface area contributed by atoms with E-state index in [0.717, 1.165) is 16.7 Å². The first-order valence-corrected chi connectivity index (χ1v) is 7.96. The Kier molecular flexibility index (Phi) is 6.01. The molecule has 0 aliphatic heterocycles. The molecule has 0 spiro atoms. The number of urea groups is 1. The summed E-state index contributed by atoms with van der Waals surface area (Å²) in [4.78, 5) is 12.2. The molecule has 2 aromatic carbocycles. The van der Waals surface area contributed by atoms with Crippen LogP contribution in [-0.4, -0.2) is 12.6 Å². The van der Waals surface area contributed by atoms with Crippen LogP contribution in [0.5, 0.6) is 5.75 Å². The summed E-state index contributed by atoms with van der Waals surface area (Å²) in [6, 6.07) is 15.0. The molecular formula is C20H24N2O2. The predicted molar refractivity (Wildman–Crippen MR) is 98.5 cm³/mol. The van der Waals surface area contributed by atoms with Gasteiger partial charge in [0.25, 0.3) is 0 Å². The first-order valence-electron chi connectivity index (χ1n) is 7.96. The van der Waals surface area contributed by atoms with E-state index in [0.29, 0.717) is 18.0 Å². The molecule has 24 heavy (non-hydrogen) atoms. The number of hydrogen-bond donors (Lipinski definition) is 2. The Morgan fingerprint density at radius 3 is 2.67 bits per heavy atom. The van der Waals surface area contributed by atoms with Gasteiger partial charge >= 0.3 is 6.03 Å². The second-order valence-electron chi connectivity index (χ2n) is 5.95. The topological polar surface area (TPSA) is 50.4 Å². The minimum absolute atomic E-state index is 0.0750. The van der Waals surface area contributed by atoms with Crippen molar-refractivity contribution in [3.8, 4) is 5.75 Å². The molecule has 2 aromatic rings. The number of benzene rings is 2. The first kappa shape index (κ1) is 17.6. The molecule has 0 heterocycles. The Labute approximate surface area is 143 Å². The fraction of sp³-hybridized carbons (Fsp3) is 0.250. The average molecular weight is 324 g/mol. The Hall–Kier alpha value is -2.75. The summed E-state index contributed by atoms with van der Waals surface area (Å²) in [5.41, 5.74) is 3.88. The monoisotopic (exact) mass is 324 g/mol. The summed E-state index contributed by atoms with van der Waals surface area (Å²) < 4.78 is 5.58. The van der Waals surface area contributed by atoms with Crippen LogP contribution in [0.1, 0.15) is 31.0 Å². The minimum atomic E-state index is -0.247. The van der Waals surface area contributed by atoms with Crippen molar-refractivity contribution in [3.05, 3.63) is 71.8 Å². The van der Waals surface area contributed by atoms with Crippen LogP contribution < -0.4 is 15.4 Å². The molecular weight excluding hydrogens is 300 g/mol. The van der Waals surface area contributed by atoms with Crippen LogP contribution in [-0.2, 0) is 0 Å². The summed E-state index contributed by atoms with van der Waals surface area (Å²) in [6.07, 6.45) is 0. The zero-order valence-corrected chi connectivity index (χ0v) is 14.4. The third-order valence-corrected chi connectivity index (χ3v) is 3.58. The average Bonchev–Trinajstić information content (AvgIpc) is 2.53. The van der Waals surface area contributed by atoms with Gasteiger partial charge in [0.1, 0.15) is 12.4 Å². The molecule has 2 amide bonds. The van der Waals surface area contributed by atoms with E-state index < -0.39 is 0 Å². The van der Waals surface area contributed by atoms with Gasteiger partial charge in [0.15, 0.2) is 0 Å². The van der Waals surface area contributed by atoms with Gasteiger partial charge in [-0.25, -0.2) is 4.79 Å². The smallest absolute Gasteiger partial charge is 0.319 e. The van der Waals surface area contributed by atoms with Crippen LogP contribution in [0.25, 0.3) is 0 Å². The van der Waals surface area contributed by atoms with Crippen LogP contribution in [0, 0.1) is 6.92 Å². The summed E-state index contributed by atoms with van der Waals surface area (Å²) >= 11 is 0. The molecule has 0 aliphatic rings. The second kappa shape index (κ2) is 8.20. The lowest BCUT2D eigenvalue weighted by molar-refractivity contribution is 0.249. The number of amides is 2. The molecule has 1 unspecified atom stereocenters. The molecule has 4 heteroatoms. The van der Waals surface area contributed by atoms with E-state index in [2.05, 4.69) is 17.2 Å². The maximum atomic E-state index is 12.2. The summed E-state index contributed by atoms with van der Waals surface area (Å²) in [7, 11) is 0. The third kappa shape index (κ3) is 5.16. The highest BCUT2D eigenvalue weighted by molar-refractivity contribution is 5.89. The Bertz CT molecular complexity index is 725. The predicted octanol–water partition coefficient (Wildman–Crippen LogP) is 4.83. The van der Waals surface area contributed by atoms with Gasteiger partial charge in [-0.15, -0.1) is 0 Å². The van der Waals surface area contributed by atoms with Crippen LogP contribution in [0.3, 0.4) is 0 Å². The second-order valence-corrected chi connectivity index (χ2v) is 5.95. The van der Waals surface area contributed by atoms with Gasteiger partial charge in [-0.2, -0.15) is 0 Å². The van der Waals surface area contributed by atoms with Gasteiger partial charge in [0.2, 0.25) is 0 Å². The van der Waals surface area contributed by atoms with E-state index in [9.17, 15) is 4.79 Å². The highest BCUT2D eigenvalue weighted by atomic mass is 16.5. The van der Waals surface area contributed by atoms with Crippen molar-refractivity contribution < 1.29 is 9.53 Å². The molecule has 0 aliphatic carbocycles. The largest absolute Gasteiger partial charge is 0.489 e. The first-order chi connectivity index (χ1) is 11.5. The number of aryl methyl sites for hydroxylation is 1. The van der Waals surface area contributed by atoms with Crippen molar-refractivity contribution in [2.75, 3.05) is 11.9 Å². The quantitative estimate of drug-likeness (QED) is 0.748. The summed E-state index contributed by atoms with van der Waals surface area (Å²) in [6.45, 7) is 10.2. The van der Waals surface area contributed by atoms with E-state index in [4.69, 9.17) is 4.74 Å². The van der Waals surface area contributed by atoms with Gasteiger partial charge in [0, 0.05) is 11.8 Å². The lowest BCUT2D eigenvalue weighted by Crippen LogP contribution is -2.31. The minimum Gasteiger partial charge on any atom is -0.489 e. The highest BCUT2D eigenvalue weighted by Crippen LogP contribution is 2.19. The summed E-state index contributed by atoms with van der Waals surface area (Å²) in [5, 5.41) is 5.79. The van der Waals surface area contributed by atoms with E-state index in [1.165, 1.54) is 0 Å². The van der Waals surface area contributed by atoms with Crippen molar-refractivity contribution in [3.63, 3.8) is 0 Å². The normalized spacial score (nSPS) is 11.5. The van der Waals surface area contributed by atoms with E-state index >= 15 is 0 Å². The SMILES string of the molecule is C=C(C)COc1cccc(NC(=O)NC(C)c2ccccc2C)c1. The molecule has 0 saturated carbocycles. The molecule has 0 bridgehead atoms. The standard InChI is InChI=1S/C20H24N2O2/c1-14(2)13-24-18-10-7-9-17(12-18)22-20(23)21-16(4)19-11-6-5-8-15(19)3/h5-12,16H,1,13H2,2-4H3,(H2,21,22,23). The number of ether oxygens (including phenoxy) is 1. The lowest BCUT2D eigenvalue weighted by Gasteiger charge is -2.17. The Balaban J connectivity index is 1.96. The number of hydrogen-bond acceptors (Lipinski definition) is 2. The fourth-order valence-corrected chi connectivity index (χ4v) is 2.38. The number of carbonyl (C=O) groups excluding carboxylic acids is 1. The van der Waals surface area contributed by atoms with Crippen LogP contribution in [0.15, 0.2) is 60.7 Å². The van der Waals surface area contributed by atoms with Crippen LogP contribution >= 0.6 is 0 Å². The van der Waals surface area contributed by atoms with E-state index in [-0.39, 0.29) is 12.1 Å². The molecule has 1 atom stereocenters. The fourth-order valence-electron chi connectivity index (χ4n) is 2.38. The number of nitrogens with one attached hydrogen (secondary N) is 2. The molecule has 0 aromatic heterocycles. The maximum absolute atomic E-state index is 12.2. The van der Waals surface area contributed by atoms with Crippen molar-refractivity contribution in [1.29, 1.82) is 0 Å². The zero-order valence-electron chi connectivity index (χ0n) is 14.4. The zero-order chi connectivity index (χ0) is 17.5. The molecule has 2 N–H and O–H groups in total. The Morgan fingerprint density at radius 2 is 1.96 bits per heavy atom. The van der Waals surface area contributed by atoms with Crippen LogP contribution in [0.2, 0.25) is 0 Å². The van der Waals surface area contributed by atoms with Gasteiger partial charge < -0.3 is 15.4 Å². The number of carbonyl (C=O) groups is 1. The van der Waals surface area contributed by atoms with Crippen molar-refractivity contribution in [1.82, 2.24) is 5.32 Å². The summed E-state index contributed by atoms with van der Waals surface area (Å²) in [5.74, 6) is 0.697. The highest BCUT2D eigenvalue weighted by Gasteiger charge is 2.11. The van der Waals surface area contributed by atoms with Crippen molar-refractivity contribution in [2.24, 2.45) is 0 Å². The lowest BCUT2D eigenvalue weighted by atomic mass is 10.0. The van der Waals surface area contributed by atoms with E-state index in [1.807, 2.05) is 63.2 Å². The number of rotatable bonds is 6. The molecule has 2 rings (SSSR count). The molecule has 126 valence electrons. The van der Waals surface area contributed by atoms with Crippen molar-refractivity contribution in [2.45, 2.75) is 26.8 Å². The third-order valence-electron chi connectivity index (χ3n) is 3.58. The van der Waals surface area contributed by atoms with Gasteiger partial charge in [0.05, 0.1) is 6.04 Å². The van der Waals surface area contributed by atoms with E-state index in [1.54, 1.807) is 6.07 Å². The Morgan fingerprint density at radius 1 is 1.21 bits per heavy atom. The van der Waals surface area contributed by atoms with Gasteiger partial charge in [-0.05, 0) is 49.6 Å². The number of anilines is 1. The molecule has 0 radical (unpaired) electrons. The van der Waals surface area contributed by atoms with Crippen LogP contribution in [0.4, 0.5) is 10.5 Å². The molecule has 0 saturated heterocycles. The van der Waals surface area contributed by atoms with Gasteiger partial charge in [-0.3, -0.25) is 0 Å².